The van der Waals surface area contributed by atoms with E-state index in [0.29, 0.717) is 35.8 Å². The van der Waals surface area contributed by atoms with Crippen molar-refractivity contribution in [3.8, 4) is 16.9 Å². The summed E-state index contributed by atoms with van der Waals surface area (Å²) in [6.07, 6.45) is -0.124. The van der Waals surface area contributed by atoms with E-state index >= 15 is 0 Å². The fourth-order valence-electron chi connectivity index (χ4n) is 5.00. The van der Waals surface area contributed by atoms with Gasteiger partial charge in [-0.15, -0.1) is 5.06 Å². The second-order valence-electron chi connectivity index (χ2n) is 14.3. The number of hydrogen-bond donors (Lipinski definition) is 4. The Bertz CT molecular complexity index is 1800. The molecule has 0 unspecified atom stereocenters. The first-order valence-corrected chi connectivity index (χ1v) is 17.2. The Labute approximate surface area is 312 Å². The van der Waals surface area contributed by atoms with Gasteiger partial charge in [0.15, 0.2) is 0 Å². The number of hydroxylamine groups is 2. The molecule has 16 nitrogen and oxygen atoms in total. The molecule has 54 heavy (non-hydrogen) atoms. The Kier molecular flexibility index (Phi) is 13.3. The van der Waals surface area contributed by atoms with Gasteiger partial charge in [0.05, 0.1) is 11.1 Å². The average Bonchev–Trinajstić information content (AvgIpc) is 3.33. The van der Waals surface area contributed by atoms with Crippen LogP contribution >= 0.6 is 0 Å². The van der Waals surface area contributed by atoms with Crippen LogP contribution in [0.25, 0.3) is 11.1 Å². The maximum Gasteiger partial charge on any atom is 0.408 e. The zero-order valence-electron chi connectivity index (χ0n) is 31.0. The number of aliphatic carboxylic acids is 1. The number of carbonyl (C=O) groups is 6. The van der Waals surface area contributed by atoms with Gasteiger partial charge in [-0.25, -0.2) is 24.2 Å². The number of ether oxygens (including phenoxy) is 3. The van der Waals surface area contributed by atoms with Crippen LogP contribution in [-0.2, 0) is 23.9 Å². The standard InChI is InChI=1S/C38H45N5O11/c1-37(2,3)52-35(49)39-20-10-9-13-28(41-36(50)53-38(4,5)6)31(44)42-30-19-16-24(21-40-30)23-14-17-25(18-15-23)51-22-29(34(47)48)54-43-32(45)26-11-7-8-12-27(26)33(43)46/h7-8,11-12,14-19,21,28-29H,9-10,13,20,22H2,1-6H3,(H,39,49)(H,41,50)(H,47,48)(H,40,42,44)/t28-,29-/m0/s1. The summed E-state index contributed by atoms with van der Waals surface area (Å²) in [7, 11) is 0. The summed E-state index contributed by atoms with van der Waals surface area (Å²) in [6.45, 7) is 10.3. The van der Waals surface area contributed by atoms with Crippen molar-refractivity contribution in [1.29, 1.82) is 0 Å². The summed E-state index contributed by atoms with van der Waals surface area (Å²) in [5.74, 6) is -2.91. The van der Waals surface area contributed by atoms with Crippen molar-refractivity contribution in [1.82, 2.24) is 20.7 Å². The minimum atomic E-state index is -1.65. The lowest BCUT2D eigenvalue weighted by molar-refractivity contribution is -0.178. The van der Waals surface area contributed by atoms with E-state index in [1.54, 1.807) is 96.3 Å². The predicted molar refractivity (Wildman–Crippen MR) is 194 cm³/mol. The fourth-order valence-corrected chi connectivity index (χ4v) is 5.00. The highest BCUT2D eigenvalue weighted by Crippen LogP contribution is 2.25. The van der Waals surface area contributed by atoms with Gasteiger partial charge in [0, 0.05) is 18.3 Å². The molecule has 0 saturated carbocycles. The fraction of sp³-hybridized carbons (Fsp3) is 0.395. The molecule has 3 aromatic rings. The lowest BCUT2D eigenvalue weighted by atomic mass is 10.1. The van der Waals surface area contributed by atoms with E-state index in [9.17, 15) is 33.9 Å². The first-order chi connectivity index (χ1) is 25.4. The van der Waals surface area contributed by atoms with Gasteiger partial charge in [0.1, 0.15) is 35.4 Å². The minimum absolute atomic E-state index is 0.116. The van der Waals surface area contributed by atoms with E-state index in [1.807, 2.05) is 0 Å². The van der Waals surface area contributed by atoms with Crippen LogP contribution in [0.3, 0.4) is 0 Å². The van der Waals surface area contributed by atoms with Crippen LogP contribution in [0.5, 0.6) is 5.75 Å². The summed E-state index contributed by atoms with van der Waals surface area (Å²) in [6, 6.07) is 15.1. The van der Waals surface area contributed by atoms with Crippen molar-refractivity contribution >= 4 is 41.7 Å². The molecule has 0 fully saturated rings. The molecule has 1 aromatic heterocycles. The number of rotatable bonds is 15. The van der Waals surface area contributed by atoms with Gasteiger partial charge < -0.3 is 35.3 Å². The van der Waals surface area contributed by atoms with Gasteiger partial charge in [-0.05, 0) is 103 Å². The molecule has 2 heterocycles. The van der Waals surface area contributed by atoms with Crippen LogP contribution in [0.4, 0.5) is 15.4 Å². The number of nitrogens with zero attached hydrogens (tertiary/aromatic N) is 2. The van der Waals surface area contributed by atoms with E-state index in [1.165, 1.54) is 12.1 Å². The van der Waals surface area contributed by atoms with Gasteiger partial charge in [-0.3, -0.25) is 14.4 Å². The predicted octanol–water partition coefficient (Wildman–Crippen LogP) is 5.34. The number of carbonyl (C=O) groups excluding carboxylic acids is 5. The third kappa shape index (κ3) is 12.0. The molecule has 0 spiro atoms. The molecular weight excluding hydrogens is 702 g/mol. The Morgan fingerprint density at radius 2 is 1.39 bits per heavy atom. The van der Waals surface area contributed by atoms with Crippen molar-refractivity contribution in [2.45, 2.75) is 84.2 Å². The lowest BCUT2D eigenvalue weighted by Gasteiger charge is -2.23. The van der Waals surface area contributed by atoms with E-state index in [4.69, 9.17) is 19.0 Å². The number of fused-ring (bicyclic) bond motifs is 1. The Morgan fingerprint density at radius 1 is 0.796 bits per heavy atom. The smallest absolute Gasteiger partial charge is 0.408 e. The second kappa shape index (κ2) is 17.7. The number of pyridine rings is 1. The van der Waals surface area contributed by atoms with E-state index in [0.717, 1.165) is 5.56 Å². The number of carboxylic acid groups (broad SMARTS) is 1. The summed E-state index contributed by atoms with van der Waals surface area (Å²) >= 11 is 0. The Balaban J connectivity index is 1.31. The zero-order valence-corrected chi connectivity index (χ0v) is 31.0. The highest BCUT2D eigenvalue weighted by Gasteiger charge is 2.39. The summed E-state index contributed by atoms with van der Waals surface area (Å²) < 4.78 is 16.2. The molecule has 5 amide bonds. The van der Waals surface area contributed by atoms with Crippen LogP contribution in [0.15, 0.2) is 66.9 Å². The van der Waals surface area contributed by atoms with Crippen molar-refractivity contribution in [2.24, 2.45) is 0 Å². The molecule has 0 radical (unpaired) electrons. The molecule has 0 saturated heterocycles. The number of alkyl carbamates (subject to hydrolysis) is 2. The van der Waals surface area contributed by atoms with Crippen LogP contribution in [0, 0.1) is 0 Å². The van der Waals surface area contributed by atoms with Crippen molar-refractivity contribution in [3.63, 3.8) is 0 Å². The highest BCUT2D eigenvalue weighted by atomic mass is 16.7. The van der Waals surface area contributed by atoms with Gasteiger partial charge in [-0.1, -0.05) is 24.3 Å². The van der Waals surface area contributed by atoms with Crippen molar-refractivity contribution < 1.29 is 52.9 Å². The normalized spacial score (nSPS) is 13.7. The molecule has 2 atom stereocenters. The van der Waals surface area contributed by atoms with E-state index < -0.39 is 65.8 Å². The van der Waals surface area contributed by atoms with Crippen molar-refractivity contribution in [2.75, 3.05) is 18.5 Å². The number of hydrogen-bond acceptors (Lipinski definition) is 11. The molecule has 0 bridgehead atoms. The molecule has 288 valence electrons. The van der Waals surface area contributed by atoms with Crippen LogP contribution in [0.2, 0.25) is 0 Å². The highest BCUT2D eigenvalue weighted by molar-refractivity contribution is 6.20. The first-order valence-electron chi connectivity index (χ1n) is 17.2. The number of nitrogens with one attached hydrogen (secondary N) is 3. The maximum atomic E-state index is 13.3. The minimum Gasteiger partial charge on any atom is -0.490 e. The number of amides is 5. The molecular formula is C38H45N5O11. The van der Waals surface area contributed by atoms with Crippen LogP contribution in [-0.4, -0.2) is 87.5 Å². The van der Waals surface area contributed by atoms with Crippen LogP contribution < -0.4 is 20.7 Å². The zero-order chi connectivity index (χ0) is 39.6. The molecule has 0 aliphatic carbocycles. The summed E-state index contributed by atoms with van der Waals surface area (Å²) in [5, 5.41) is 18.1. The number of benzene rings is 2. The monoisotopic (exact) mass is 747 g/mol. The molecule has 16 heteroatoms. The largest absolute Gasteiger partial charge is 0.490 e. The second-order valence-corrected chi connectivity index (χ2v) is 14.3. The van der Waals surface area contributed by atoms with E-state index in [2.05, 4.69) is 20.9 Å². The van der Waals surface area contributed by atoms with Gasteiger partial charge in [-0.2, -0.15) is 0 Å². The third-order valence-corrected chi connectivity index (χ3v) is 7.46. The SMILES string of the molecule is CC(C)(C)OC(=O)NCCCC[C@H](NC(=O)OC(C)(C)C)C(=O)Nc1ccc(-c2ccc(OC[C@H](ON3C(=O)c4ccccc4C3=O)C(=O)O)cc2)cn1. The Morgan fingerprint density at radius 3 is 1.94 bits per heavy atom. The van der Waals surface area contributed by atoms with Gasteiger partial charge >= 0.3 is 18.2 Å². The number of carboxylic acids is 1. The average molecular weight is 748 g/mol. The van der Waals surface area contributed by atoms with Crippen molar-refractivity contribution in [3.05, 3.63) is 78.0 Å². The third-order valence-electron chi connectivity index (χ3n) is 7.46. The number of unbranched alkanes of at least 4 members (excludes halogenated alkanes) is 1. The number of imide groups is 1. The molecule has 1 aliphatic heterocycles. The summed E-state index contributed by atoms with van der Waals surface area (Å²) in [5.41, 5.74) is 0.257. The van der Waals surface area contributed by atoms with Gasteiger partial charge in [0.2, 0.25) is 12.0 Å². The Hall–Kier alpha value is -6.03. The topological polar surface area (TPSA) is 212 Å². The number of anilines is 1. The number of aromatic nitrogens is 1. The maximum absolute atomic E-state index is 13.3. The molecule has 2 aromatic carbocycles. The quantitative estimate of drug-likeness (QED) is 0.115. The molecule has 1 aliphatic rings. The van der Waals surface area contributed by atoms with Gasteiger partial charge in [0.25, 0.3) is 11.8 Å². The molecule has 4 rings (SSSR count). The molecule has 4 N–H and O–H groups in total. The lowest BCUT2D eigenvalue weighted by Crippen LogP contribution is -2.46. The van der Waals surface area contributed by atoms with Crippen LogP contribution in [0.1, 0.15) is 81.5 Å². The van der Waals surface area contributed by atoms with E-state index in [-0.39, 0.29) is 23.4 Å². The first kappa shape index (κ1) is 40.7. The summed E-state index contributed by atoms with van der Waals surface area (Å²) in [4.78, 5) is 84.3.